The van der Waals surface area contributed by atoms with Gasteiger partial charge in [-0.15, -0.1) is 0 Å². The van der Waals surface area contributed by atoms with Crippen LogP contribution in [0, 0.1) is 23.2 Å². The van der Waals surface area contributed by atoms with Crippen LogP contribution in [-0.2, 0) is 0 Å². The highest BCUT2D eigenvalue weighted by molar-refractivity contribution is 5.38. The van der Waals surface area contributed by atoms with E-state index in [0.29, 0.717) is 30.1 Å². The SMILES string of the molecule is C=C1/C(=C\C=C2/CCC[C@]3(C)[C@@H]([C@H](C)/C=C/C=C4CC4)CC[C@@H]23)C[C@@H](O)C[C@@H]1O. The molecule has 0 spiro atoms. The molecule has 29 heavy (non-hydrogen) atoms. The van der Waals surface area contributed by atoms with Crippen molar-refractivity contribution in [3.05, 3.63) is 59.3 Å². The lowest BCUT2D eigenvalue weighted by atomic mass is 9.61. The van der Waals surface area contributed by atoms with Crippen molar-refractivity contribution in [3.63, 3.8) is 0 Å². The number of aliphatic hydroxyl groups is 2. The zero-order valence-corrected chi connectivity index (χ0v) is 18.2. The first-order chi connectivity index (χ1) is 13.9. The summed E-state index contributed by atoms with van der Waals surface area (Å²) in [6.07, 6.45) is 20.5. The average Bonchev–Trinajstić information content (AvgIpc) is 3.42. The van der Waals surface area contributed by atoms with E-state index in [4.69, 9.17) is 0 Å². The quantitative estimate of drug-likeness (QED) is 0.610. The van der Waals surface area contributed by atoms with Crippen LogP contribution in [0.5, 0.6) is 0 Å². The van der Waals surface area contributed by atoms with Gasteiger partial charge in [0.15, 0.2) is 0 Å². The first-order valence-corrected chi connectivity index (χ1v) is 11.7. The highest BCUT2D eigenvalue weighted by atomic mass is 16.3. The molecule has 0 unspecified atom stereocenters. The first kappa shape index (κ1) is 20.9. The van der Waals surface area contributed by atoms with E-state index in [0.717, 1.165) is 17.1 Å². The summed E-state index contributed by atoms with van der Waals surface area (Å²) >= 11 is 0. The van der Waals surface area contributed by atoms with Gasteiger partial charge in [-0.25, -0.2) is 0 Å². The van der Waals surface area contributed by atoms with E-state index in [-0.39, 0.29) is 0 Å². The fourth-order valence-corrected chi connectivity index (χ4v) is 6.35. The molecule has 2 N–H and O–H groups in total. The third-order valence-electron chi connectivity index (χ3n) is 8.22. The van der Waals surface area contributed by atoms with Crippen molar-refractivity contribution in [2.45, 2.75) is 83.8 Å². The van der Waals surface area contributed by atoms with E-state index < -0.39 is 12.2 Å². The van der Waals surface area contributed by atoms with Gasteiger partial charge in [-0.3, -0.25) is 0 Å². The van der Waals surface area contributed by atoms with E-state index >= 15 is 0 Å². The van der Waals surface area contributed by atoms with Crippen LogP contribution in [-0.4, -0.2) is 22.4 Å². The van der Waals surface area contributed by atoms with E-state index in [9.17, 15) is 10.2 Å². The second kappa shape index (κ2) is 8.40. The fourth-order valence-electron chi connectivity index (χ4n) is 6.35. The Morgan fingerprint density at radius 3 is 2.66 bits per heavy atom. The maximum absolute atomic E-state index is 10.1. The number of fused-ring (bicyclic) bond motifs is 1. The van der Waals surface area contributed by atoms with Crippen molar-refractivity contribution in [1.29, 1.82) is 0 Å². The lowest BCUT2D eigenvalue weighted by molar-refractivity contribution is 0.0862. The molecule has 4 fully saturated rings. The van der Waals surface area contributed by atoms with E-state index in [2.05, 4.69) is 50.8 Å². The minimum atomic E-state index is -0.603. The molecule has 0 aliphatic heterocycles. The summed E-state index contributed by atoms with van der Waals surface area (Å²) in [6.45, 7) is 9.01. The molecule has 0 aromatic heterocycles. The molecule has 6 atom stereocenters. The minimum Gasteiger partial charge on any atom is -0.393 e. The van der Waals surface area contributed by atoms with Crippen molar-refractivity contribution in [3.8, 4) is 0 Å². The molecule has 0 aromatic rings. The van der Waals surface area contributed by atoms with Crippen LogP contribution in [0.25, 0.3) is 0 Å². The van der Waals surface area contributed by atoms with Gasteiger partial charge in [-0.1, -0.05) is 62.0 Å². The van der Waals surface area contributed by atoms with Gasteiger partial charge in [-0.2, -0.15) is 0 Å². The second-order valence-corrected chi connectivity index (χ2v) is 10.2. The van der Waals surface area contributed by atoms with Crippen molar-refractivity contribution >= 4 is 0 Å². The number of rotatable bonds is 4. The Kier molecular flexibility index (Phi) is 6.04. The molecule has 2 nitrogen and oxygen atoms in total. The van der Waals surface area contributed by atoms with Crippen LogP contribution in [0.4, 0.5) is 0 Å². The molecule has 0 bridgehead atoms. The average molecular weight is 395 g/mol. The molecule has 0 radical (unpaired) electrons. The second-order valence-electron chi connectivity index (χ2n) is 10.2. The number of aliphatic hydroxyl groups excluding tert-OH is 2. The fraction of sp³-hybridized carbons (Fsp3) is 0.630. The molecule has 0 saturated heterocycles. The molecule has 0 amide bonds. The van der Waals surface area contributed by atoms with Gasteiger partial charge >= 0.3 is 0 Å². The molecule has 4 saturated carbocycles. The predicted octanol–water partition coefficient (Wildman–Crippen LogP) is 6.04. The maximum atomic E-state index is 10.1. The molecule has 0 heterocycles. The number of hydrogen-bond donors (Lipinski definition) is 2. The standard InChI is InChI=1S/C27H38O2/c1-18(6-4-7-20-9-10-20)24-13-14-25-21(8-5-15-27(24,25)3)11-12-22-16-23(28)17-26(29)19(22)2/h4,6-7,11-12,18,23-26,28-29H,2,5,8-10,13-17H2,1,3H3/b6-4+,21-11+,22-12-/t18-,23-,24-,25+,26+,27-/m1/s1. The monoisotopic (exact) mass is 394 g/mol. The summed E-state index contributed by atoms with van der Waals surface area (Å²) in [5.74, 6) is 2.05. The molecular formula is C27H38O2. The lowest BCUT2D eigenvalue weighted by Gasteiger charge is -2.44. The molecule has 4 aliphatic rings. The van der Waals surface area contributed by atoms with Gasteiger partial charge in [0.05, 0.1) is 12.2 Å². The Bertz CT molecular complexity index is 761. The topological polar surface area (TPSA) is 40.5 Å². The highest BCUT2D eigenvalue weighted by Crippen LogP contribution is 2.59. The van der Waals surface area contributed by atoms with Crippen molar-refractivity contribution in [2.75, 3.05) is 0 Å². The van der Waals surface area contributed by atoms with Crippen molar-refractivity contribution in [2.24, 2.45) is 23.2 Å². The van der Waals surface area contributed by atoms with Crippen LogP contribution < -0.4 is 0 Å². The maximum Gasteiger partial charge on any atom is 0.0811 e. The van der Waals surface area contributed by atoms with Crippen LogP contribution >= 0.6 is 0 Å². The summed E-state index contributed by atoms with van der Waals surface area (Å²) in [4.78, 5) is 0. The summed E-state index contributed by atoms with van der Waals surface area (Å²) in [5, 5.41) is 20.1. The van der Waals surface area contributed by atoms with E-state index in [1.807, 2.05) is 0 Å². The molecule has 4 rings (SSSR count). The van der Waals surface area contributed by atoms with E-state index in [1.165, 1.54) is 44.9 Å². The predicted molar refractivity (Wildman–Crippen MR) is 120 cm³/mol. The minimum absolute atomic E-state index is 0.391. The molecule has 158 valence electrons. The van der Waals surface area contributed by atoms with Gasteiger partial charge in [0.25, 0.3) is 0 Å². The smallest absolute Gasteiger partial charge is 0.0811 e. The Morgan fingerprint density at radius 2 is 1.90 bits per heavy atom. The summed E-state index contributed by atoms with van der Waals surface area (Å²) in [6, 6.07) is 0. The zero-order chi connectivity index (χ0) is 20.6. The normalized spacial score (nSPS) is 41.2. The van der Waals surface area contributed by atoms with E-state index in [1.54, 1.807) is 11.1 Å². The van der Waals surface area contributed by atoms with Crippen LogP contribution in [0.1, 0.15) is 71.6 Å². The summed E-state index contributed by atoms with van der Waals surface area (Å²) in [7, 11) is 0. The Balaban J connectivity index is 1.50. The highest BCUT2D eigenvalue weighted by Gasteiger charge is 2.50. The Labute approximate surface area is 176 Å². The van der Waals surface area contributed by atoms with Gasteiger partial charge < -0.3 is 10.2 Å². The molecule has 0 aromatic carbocycles. The van der Waals surface area contributed by atoms with Gasteiger partial charge in [0, 0.05) is 6.42 Å². The third-order valence-corrected chi connectivity index (χ3v) is 8.22. The lowest BCUT2D eigenvalue weighted by Crippen LogP contribution is -2.35. The van der Waals surface area contributed by atoms with Gasteiger partial charge in [0.1, 0.15) is 0 Å². The number of hydrogen-bond acceptors (Lipinski definition) is 2. The summed E-state index contributed by atoms with van der Waals surface area (Å²) < 4.78 is 0. The molecular weight excluding hydrogens is 356 g/mol. The van der Waals surface area contributed by atoms with Crippen LogP contribution in [0.2, 0.25) is 0 Å². The van der Waals surface area contributed by atoms with Crippen molar-refractivity contribution < 1.29 is 10.2 Å². The van der Waals surface area contributed by atoms with Crippen molar-refractivity contribution in [1.82, 2.24) is 0 Å². The molecule has 4 aliphatic carbocycles. The third kappa shape index (κ3) is 4.39. The summed E-state index contributed by atoms with van der Waals surface area (Å²) in [5.41, 5.74) is 5.38. The zero-order valence-electron chi connectivity index (χ0n) is 18.2. The largest absolute Gasteiger partial charge is 0.393 e. The van der Waals surface area contributed by atoms with Gasteiger partial charge in [-0.05, 0) is 85.7 Å². The van der Waals surface area contributed by atoms with Crippen LogP contribution in [0.3, 0.4) is 0 Å². The Hall–Kier alpha value is -1.38. The Morgan fingerprint density at radius 1 is 1.10 bits per heavy atom. The first-order valence-electron chi connectivity index (χ1n) is 11.7. The molecule has 2 heteroatoms. The van der Waals surface area contributed by atoms with Crippen LogP contribution in [0.15, 0.2) is 59.3 Å². The number of allylic oxidation sites excluding steroid dienone is 7. The van der Waals surface area contributed by atoms with Gasteiger partial charge in [0.2, 0.25) is 0 Å².